The molecular formula is C11H14N4O2S2. The number of hydrogen-bond donors (Lipinski definition) is 1. The number of hydrogen-bond acceptors (Lipinski definition) is 5. The lowest BCUT2D eigenvalue weighted by atomic mass is 10.2. The van der Waals surface area contributed by atoms with Crippen LogP contribution in [-0.2, 0) is 10.0 Å². The maximum Gasteiger partial charge on any atom is 0.253 e. The molecule has 1 aliphatic heterocycles. The Bertz CT molecular complexity index is 663. The topological polar surface area (TPSA) is 79.0 Å². The first kappa shape index (κ1) is 12.8. The average molecular weight is 298 g/mol. The number of aromatic nitrogens is 3. The van der Waals surface area contributed by atoms with E-state index in [0.29, 0.717) is 22.4 Å². The zero-order chi connectivity index (χ0) is 13.5. The van der Waals surface area contributed by atoms with Crippen molar-refractivity contribution in [3.05, 3.63) is 29.2 Å². The van der Waals surface area contributed by atoms with Crippen molar-refractivity contribution in [2.24, 2.45) is 0 Å². The van der Waals surface area contributed by atoms with E-state index in [-0.39, 0.29) is 6.04 Å². The normalized spacial score (nSPS) is 21.0. The molecule has 102 valence electrons. The summed E-state index contributed by atoms with van der Waals surface area (Å²) in [4.78, 5) is 4.27. The lowest BCUT2D eigenvalue weighted by molar-refractivity contribution is 0.385. The second-order valence-electron chi connectivity index (χ2n) is 4.48. The van der Waals surface area contributed by atoms with Crippen molar-refractivity contribution in [2.75, 3.05) is 6.54 Å². The summed E-state index contributed by atoms with van der Waals surface area (Å²) in [6.45, 7) is 2.34. The fourth-order valence-electron chi connectivity index (χ4n) is 2.32. The van der Waals surface area contributed by atoms with Gasteiger partial charge in [-0.1, -0.05) is 6.07 Å². The van der Waals surface area contributed by atoms with Gasteiger partial charge in [0, 0.05) is 6.54 Å². The molecule has 3 heterocycles. The second-order valence-corrected chi connectivity index (χ2v) is 7.55. The van der Waals surface area contributed by atoms with Gasteiger partial charge in [-0.15, -0.1) is 11.3 Å². The third-order valence-electron chi connectivity index (χ3n) is 3.17. The van der Waals surface area contributed by atoms with Gasteiger partial charge in [0.15, 0.2) is 5.82 Å². The molecule has 0 bridgehead atoms. The molecule has 1 saturated heterocycles. The molecule has 1 aliphatic rings. The van der Waals surface area contributed by atoms with Gasteiger partial charge in [-0.3, -0.25) is 5.10 Å². The number of nitrogens with zero attached hydrogens (tertiary/aromatic N) is 3. The van der Waals surface area contributed by atoms with E-state index in [9.17, 15) is 8.42 Å². The van der Waals surface area contributed by atoms with Crippen LogP contribution in [0.4, 0.5) is 0 Å². The van der Waals surface area contributed by atoms with Crippen molar-refractivity contribution < 1.29 is 8.42 Å². The Morgan fingerprint density at radius 1 is 1.53 bits per heavy atom. The van der Waals surface area contributed by atoms with Gasteiger partial charge in [0.1, 0.15) is 10.0 Å². The van der Waals surface area contributed by atoms with Crippen LogP contribution >= 0.6 is 11.3 Å². The molecule has 0 spiro atoms. The molecule has 2 aromatic heterocycles. The Balaban J connectivity index is 1.96. The smallest absolute Gasteiger partial charge is 0.253 e. The average Bonchev–Trinajstić information content (AvgIpc) is 3.10. The predicted molar refractivity (Wildman–Crippen MR) is 71.3 cm³/mol. The van der Waals surface area contributed by atoms with E-state index >= 15 is 0 Å². The molecule has 0 unspecified atom stereocenters. The molecule has 0 amide bonds. The van der Waals surface area contributed by atoms with Gasteiger partial charge >= 0.3 is 0 Å². The summed E-state index contributed by atoms with van der Waals surface area (Å²) in [5, 5.41) is 8.65. The van der Waals surface area contributed by atoms with Gasteiger partial charge in [0.25, 0.3) is 10.0 Å². The monoisotopic (exact) mass is 298 g/mol. The number of aromatic amines is 1. The van der Waals surface area contributed by atoms with Crippen LogP contribution in [0, 0.1) is 6.92 Å². The first-order chi connectivity index (χ1) is 9.09. The summed E-state index contributed by atoms with van der Waals surface area (Å²) in [5.74, 6) is 1.27. The number of thiophene rings is 1. The largest absolute Gasteiger partial charge is 0.263 e. The zero-order valence-electron chi connectivity index (χ0n) is 10.4. The van der Waals surface area contributed by atoms with Crippen molar-refractivity contribution >= 4 is 21.4 Å². The summed E-state index contributed by atoms with van der Waals surface area (Å²) in [7, 11) is -3.43. The molecule has 0 saturated carbocycles. The third-order valence-corrected chi connectivity index (χ3v) is 6.46. The van der Waals surface area contributed by atoms with Gasteiger partial charge < -0.3 is 0 Å². The van der Waals surface area contributed by atoms with E-state index in [2.05, 4.69) is 15.2 Å². The standard InChI is InChI=1S/C11H14N4O2S2/c1-8-12-11(14-13-8)9-4-2-6-15(9)19(16,17)10-5-3-7-18-10/h3,5,7,9H,2,4,6H2,1H3,(H,12,13,14)/t9-/m0/s1. The molecule has 1 fully saturated rings. The fourth-order valence-corrected chi connectivity index (χ4v) is 5.10. The Morgan fingerprint density at radius 3 is 3.00 bits per heavy atom. The van der Waals surface area contributed by atoms with Crippen LogP contribution in [0.2, 0.25) is 0 Å². The van der Waals surface area contributed by atoms with Gasteiger partial charge in [0.05, 0.1) is 6.04 Å². The van der Waals surface area contributed by atoms with Crippen molar-refractivity contribution in [2.45, 2.75) is 30.0 Å². The Hall–Kier alpha value is -1.25. The molecular weight excluding hydrogens is 284 g/mol. The van der Waals surface area contributed by atoms with Gasteiger partial charge in [-0.05, 0) is 31.2 Å². The molecule has 0 radical (unpaired) electrons. The quantitative estimate of drug-likeness (QED) is 0.935. The number of nitrogens with one attached hydrogen (secondary N) is 1. The van der Waals surface area contributed by atoms with E-state index in [1.54, 1.807) is 17.5 Å². The second kappa shape index (κ2) is 4.69. The maximum atomic E-state index is 12.6. The van der Waals surface area contributed by atoms with Crippen molar-refractivity contribution in [1.82, 2.24) is 19.5 Å². The molecule has 6 nitrogen and oxygen atoms in total. The van der Waals surface area contributed by atoms with Crippen LogP contribution < -0.4 is 0 Å². The molecule has 3 rings (SSSR count). The maximum absolute atomic E-state index is 12.6. The summed E-state index contributed by atoms with van der Waals surface area (Å²) >= 11 is 1.24. The molecule has 8 heteroatoms. The van der Waals surface area contributed by atoms with E-state index in [1.807, 2.05) is 6.92 Å². The highest BCUT2D eigenvalue weighted by molar-refractivity contribution is 7.91. The number of H-pyrrole nitrogens is 1. The van der Waals surface area contributed by atoms with Crippen LogP contribution in [0.15, 0.2) is 21.7 Å². The summed E-state index contributed by atoms with van der Waals surface area (Å²) in [6.07, 6.45) is 1.60. The molecule has 1 atom stereocenters. The minimum atomic E-state index is -3.43. The van der Waals surface area contributed by atoms with Crippen molar-refractivity contribution in [3.63, 3.8) is 0 Å². The molecule has 0 aromatic carbocycles. The molecule has 2 aromatic rings. The lowest BCUT2D eigenvalue weighted by Gasteiger charge is -2.20. The minimum Gasteiger partial charge on any atom is -0.263 e. The van der Waals surface area contributed by atoms with Crippen LogP contribution in [-0.4, -0.2) is 34.4 Å². The van der Waals surface area contributed by atoms with Gasteiger partial charge in [0.2, 0.25) is 0 Å². The van der Waals surface area contributed by atoms with Crippen LogP contribution in [0.1, 0.15) is 30.5 Å². The molecule has 1 N–H and O–H groups in total. The van der Waals surface area contributed by atoms with Crippen LogP contribution in [0.5, 0.6) is 0 Å². The summed E-state index contributed by atoms with van der Waals surface area (Å²) < 4.78 is 27.0. The predicted octanol–water partition coefficient (Wildman–Crippen LogP) is 1.70. The number of sulfonamides is 1. The Labute approximate surface area is 115 Å². The first-order valence-electron chi connectivity index (χ1n) is 6.03. The van der Waals surface area contributed by atoms with E-state index in [1.165, 1.54) is 15.6 Å². The van der Waals surface area contributed by atoms with Crippen LogP contribution in [0.3, 0.4) is 0 Å². The van der Waals surface area contributed by atoms with Gasteiger partial charge in [-0.25, -0.2) is 13.4 Å². The highest BCUT2D eigenvalue weighted by Gasteiger charge is 2.38. The van der Waals surface area contributed by atoms with Crippen molar-refractivity contribution in [3.8, 4) is 0 Å². The molecule has 19 heavy (non-hydrogen) atoms. The first-order valence-corrected chi connectivity index (χ1v) is 8.35. The van der Waals surface area contributed by atoms with Gasteiger partial charge in [-0.2, -0.15) is 9.40 Å². The lowest BCUT2D eigenvalue weighted by Crippen LogP contribution is -2.30. The van der Waals surface area contributed by atoms with E-state index in [0.717, 1.165) is 12.8 Å². The van der Waals surface area contributed by atoms with Crippen molar-refractivity contribution in [1.29, 1.82) is 0 Å². The number of rotatable bonds is 3. The highest BCUT2D eigenvalue weighted by atomic mass is 32.2. The number of aryl methyl sites for hydroxylation is 1. The van der Waals surface area contributed by atoms with E-state index < -0.39 is 10.0 Å². The highest BCUT2D eigenvalue weighted by Crippen LogP contribution is 2.35. The summed E-state index contributed by atoms with van der Waals surface area (Å²) in [5.41, 5.74) is 0. The Morgan fingerprint density at radius 2 is 2.37 bits per heavy atom. The zero-order valence-corrected chi connectivity index (χ0v) is 12.0. The summed E-state index contributed by atoms with van der Waals surface area (Å²) in [6, 6.07) is 3.13. The fraction of sp³-hybridized carbons (Fsp3) is 0.455. The SMILES string of the molecule is Cc1nc([C@@H]2CCCN2S(=O)(=O)c2cccs2)n[nH]1. The minimum absolute atomic E-state index is 0.253. The Kier molecular flexibility index (Phi) is 3.15. The molecule has 0 aliphatic carbocycles. The van der Waals surface area contributed by atoms with Crippen LogP contribution in [0.25, 0.3) is 0 Å². The third kappa shape index (κ3) is 2.19. The van der Waals surface area contributed by atoms with E-state index in [4.69, 9.17) is 0 Å².